The van der Waals surface area contributed by atoms with Gasteiger partial charge < -0.3 is 4.74 Å². The minimum absolute atomic E-state index is 0.664. The lowest BCUT2D eigenvalue weighted by Gasteiger charge is -2.12. The predicted octanol–water partition coefficient (Wildman–Crippen LogP) is 6.07. The molecule has 0 aliphatic heterocycles. The molecule has 124 valence electrons. The van der Waals surface area contributed by atoms with Crippen molar-refractivity contribution in [2.24, 2.45) is 0 Å². The summed E-state index contributed by atoms with van der Waals surface area (Å²) in [6, 6.07) is 21.2. The molecule has 3 aromatic carbocycles. The van der Waals surface area contributed by atoms with Gasteiger partial charge >= 0.3 is 0 Å². The highest BCUT2D eigenvalue weighted by atomic mass is 16.5. The zero-order valence-electron chi connectivity index (χ0n) is 14.8. The number of benzene rings is 3. The first-order valence-electron chi connectivity index (χ1n) is 8.70. The predicted molar refractivity (Wildman–Crippen MR) is 105 cm³/mol. The van der Waals surface area contributed by atoms with Gasteiger partial charge in [0.2, 0.25) is 0 Å². The van der Waals surface area contributed by atoms with Crippen molar-refractivity contribution in [3.63, 3.8) is 0 Å². The molecule has 0 atom stereocenters. The van der Waals surface area contributed by atoms with E-state index in [4.69, 9.17) is 9.72 Å². The van der Waals surface area contributed by atoms with Gasteiger partial charge in [-0.2, -0.15) is 0 Å². The minimum atomic E-state index is 0.664. The van der Waals surface area contributed by atoms with E-state index in [9.17, 15) is 0 Å². The quantitative estimate of drug-likeness (QED) is 0.426. The van der Waals surface area contributed by atoms with Crippen LogP contribution in [0.5, 0.6) is 5.75 Å². The second-order valence-electron chi connectivity index (χ2n) is 6.42. The van der Waals surface area contributed by atoms with Crippen LogP contribution >= 0.6 is 0 Å². The van der Waals surface area contributed by atoms with Gasteiger partial charge in [0.05, 0.1) is 17.8 Å². The number of nitrogens with zero attached hydrogens (tertiary/aromatic N) is 1. The summed E-state index contributed by atoms with van der Waals surface area (Å²) >= 11 is 0. The SMILES string of the molecule is CCOc1ccc2nc(-c3ccc(C)c(C)c3)c3ccccc3c2c1. The summed E-state index contributed by atoms with van der Waals surface area (Å²) in [5.74, 6) is 0.890. The Labute approximate surface area is 148 Å². The molecule has 1 heterocycles. The van der Waals surface area contributed by atoms with Crippen LogP contribution in [-0.4, -0.2) is 11.6 Å². The lowest BCUT2D eigenvalue weighted by atomic mass is 9.98. The standard InChI is InChI=1S/C23H21NO/c1-4-25-18-11-12-22-21(14-18)19-7-5-6-8-20(19)23(24-22)17-10-9-15(2)16(3)13-17/h5-14H,4H2,1-3H3. The highest BCUT2D eigenvalue weighted by molar-refractivity contribution is 6.11. The van der Waals surface area contributed by atoms with Crippen LogP contribution in [-0.2, 0) is 0 Å². The molecule has 4 aromatic rings. The van der Waals surface area contributed by atoms with E-state index in [1.54, 1.807) is 0 Å². The van der Waals surface area contributed by atoms with Crippen molar-refractivity contribution in [1.29, 1.82) is 0 Å². The Hall–Kier alpha value is -2.87. The Morgan fingerprint density at radius 1 is 0.800 bits per heavy atom. The fraction of sp³-hybridized carbons (Fsp3) is 0.174. The third-order valence-corrected chi connectivity index (χ3v) is 4.76. The maximum absolute atomic E-state index is 5.68. The van der Waals surface area contributed by atoms with E-state index < -0.39 is 0 Å². The molecule has 0 radical (unpaired) electrons. The van der Waals surface area contributed by atoms with Gasteiger partial charge in [-0.15, -0.1) is 0 Å². The topological polar surface area (TPSA) is 22.1 Å². The monoisotopic (exact) mass is 327 g/mol. The van der Waals surface area contributed by atoms with Crippen LogP contribution in [0.1, 0.15) is 18.1 Å². The molecule has 0 aliphatic rings. The van der Waals surface area contributed by atoms with E-state index in [1.165, 1.54) is 21.9 Å². The summed E-state index contributed by atoms with van der Waals surface area (Å²) < 4.78 is 5.68. The van der Waals surface area contributed by atoms with E-state index in [0.29, 0.717) is 6.61 Å². The summed E-state index contributed by atoms with van der Waals surface area (Å²) in [4.78, 5) is 4.99. The Kier molecular flexibility index (Phi) is 3.89. The number of pyridine rings is 1. The second kappa shape index (κ2) is 6.21. The summed E-state index contributed by atoms with van der Waals surface area (Å²) in [7, 11) is 0. The first-order valence-corrected chi connectivity index (χ1v) is 8.70. The molecule has 0 fully saturated rings. The van der Waals surface area contributed by atoms with Crippen LogP contribution in [0.2, 0.25) is 0 Å². The molecule has 25 heavy (non-hydrogen) atoms. The van der Waals surface area contributed by atoms with Crippen molar-refractivity contribution in [1.82, 2.24) is 4.98 Å². The molecule has 2 nitrogen and oxygen atoms in total. The third kappa shape index (κ3) is 2.74. The van der Waals surface area contributed by atoms with E-state index in [1.807, 2.05) is 13.0 Å². The molecule has 0 aliphatic carbocycles. The second-order valence-corrected chi connectivity index (χ2v) is 6.42. The molecule has 2 heteroatoms. The molecule has 0 unspecified atom stereocenters. The zero-order valence-corrected chi connectivity index (χ0v) is 14.8. The maximum atomic E-state index is 5.68. The molecular weight excluding hydrogens is 306 g/mol. The number of aromatic nitrogens is 1. The van der Waals surface area contributed by atoms with Crippen LogP contribution in [0.15, 0.2) is 60.7 Å². The molecule has 0 saturated heterocycles. The van der Waals surface area contributed by atoms with E-state index in [0.717, 1.165) is 27.9 Å². The molecule has 0 spiro atoms. The van der Waals surface area contributed by atoms with E-state index in [2.05, 4.69) is 68.4 Å². The summed E-state index contributed by atoms with van der Waals surface area (Å²) in [6.07, 6.45) is 0. The van der Waals surface area contributed by atoms with Gasteiger partial charge in [0.15, 0.2) is 0 Å². The number of aryl methyl sites for hydroxylation is 2. The van der Waals surface area contributed by atoms with Gasteiger partial charge in [-0.25, -0.2) is 4.98 Å². The molecule has 0 N–H and O–H groups in total. The van der Waals surface area contributed by atoms with Crippen molar-refractivity contribution >= 4 is 21.7 Å². The Balaban J connectivity index is 2.04. The number of hydrogen-bond donors (Lipinski definition) is 0. The average Bonchev–Trinajstić information content (AvgIpc) is 2.64. The van der Waals surface area contributed by atoms with E-state index >= 15 is 0 Å². The molecule has 4 rings (SSSR count). The first kappa shape index (κ1) is 15.6. The Morgan fingerprint density at radius 2 is 1.60 bits per heavy atom. The average molecular weight is 327 g/mol. The molecule has 1 aromatic heterocycles. The van der Waals surface area contributed by atoms with Gasteiger partial charge in [-0.3, -0.25) is 0 Å². The van der Waals surface area contributed by atoms with Crippen molar-refractivity contribution < 1.29 is 4.74 Å². The first-order chi connectivity index (χ1) is 12.2. The number of fused-ring (bicyclic) bond motifs is 3. The van der Waals surface area contributed by atoms with Gasteiger partial charge in [0.1, 0.15) is 5.75 Å². The van der Waals surface area contributed by atoms with Crippen molar-refractivity contribution in [3.8, 4) is 17.0 Å². The van der Waals surface area contributed by atoms with Gasteiger partial charge in [-0.05, 0) is 61.5 Å². The lowest BCUT2D eigenvalue weighted by molar-refractivity contribution is 0.341. The summed E-state index contributed by atoms with van der Waals surface area (Å²) in [5.41, 5.74) is 5.78. The normalized spacial score (nSPS) is 11.2. The van der Waals surface area contributed by atoms with Crippen LogP contribution < -0.4 is 4.74 Å². The van der Waals surface area contributed by atoms with Gasteiger partial charge in [0.25, 0.3) is 0 Å². The van der Waals surface area contributed by atoms with Crippen LogP contribution in [0.4, 0.5) is 0 Å². The molecule has 0 amide bonds. The lowest BCUT2D eigenvalue weighted by Crippen LogP contribution is -1.94. The molecule has 0 saturated carbocycles. The maximum Gasteiger partial charge on any atom is 0.120 e. The highest BCUT2D eigenvalue weighted by Gasteiger charge is 2.11. The van der Waals surface area contributed by atoms with Crippen LogP contribution in [0.25, 0.3) is 32.9 Å². The highest BCUT2D eigenvalue weighted by Crippen LogP contribution is 2.34. The van der Waals surface area contributed by atoms with Crippen molar-refractivity contribution in [3.05, 3.63) is 71.8 Å². The van der Waals surface area contributed by atoms with Gasteiger partial charge in [-0.1, -0.05) is 36.4 Å². The summed E-state index contributed by atoms with van der Waals surface area (Å²) in [6.45, 7) is 6.96. The largest absolute Gasteiger partial charge is 0.494 e. The van der Waals surface area contributed by atoms with E-state index in [-0.39, 0.29) is 0 Å². The van der Waals surface area contributed by atoms with Crippen molar-refractivity contribution in [2.45, 2.75) is 20.8 Å². The van der Waals surface area contributed by atoms with Crippen LogP contribution in [0.3, 0.4) is 0 Å². The smallest absolute Gasteiger partial charge is 0.120 e. The van der Waals surface area contributed by atoms with Gasteiger partial charge in [0, 0.05) is 16.3 Å². The number of rotatable bonds is 3. The van der Waals surface area contributed by atoms with Crippen molar-refractivity contribution in [2.75, 3.05) is 6.61 Å². The molecular formula is C23H21NO. The Bertz CT molecular complexity index is 1080. The fourth-order valence-electron chi connectivity index (χ4n) is 3.30. The summed E-state index contributed by atoms with van der Waals surface area (Å²) in [5, 5.41) is 3.52. The minimum Gasteiger partial charge on any atom is -0.494 e. The van der Waals surface area contributed by atoms with Crippen LogP contribution in [0, 0.1) is 13.8 Å². The number of hydrogen-bond acceptors (Lipinski definition) is 2. The molecule has 0 bridgehead atoms. The number of ether oxygens (including phenoxy) is 1. The zero-order chi connectivity index (χ0) is 17.4. The third-order valence-electron chi connectivity index (χ3n) is 4.76. The Morgan fingerprint density at radius 3 is 2.36 bits per heavy atom. The fourth-order valence-corrected chi connectivity index (χ4v) is 3.30.